The highest BCUT2D eigenvalue weighted by atomic mass is 16.4. The summed E-state index contributed by atoms with van der Waals surface area (Å²) in [6.45, 7) is 1.13. The molecule has 2 atom stereocenters. The number of carbonyl (C=O) groups is 2. The minimum Gasteiger partial charge on any atom is -0.481 e. The molecule has 4 nitrogen and oxygen atoms in total. The van der Waals surface area contributed by atoms with Crippen LogP contribution in [0.15, 0.2) is 30.3 Å². The van der Waals surface area contributed by atoms with Crippen LogP contribution in [0, 0.1) is 17.8 Å². The Bertz CT molecular complexity index is 539. The van der Waals surface area contributed by atoms with Crippen molar-refractivity contribution >= 4 is 11.9 Å². The van der Waals surface area contributed by atoms with E-state index in [1.807, 2.05) is 35.2 Å². The molecule has 22 heavy (non-hydrogen) atoms. The highest BCUT2D eigenvalue weighted by Crippen LogP contribution is 2.54. The Hall–Kier alpha value is -1.84. The fourth-order valence-electron chi connectivity index (χ4n) is 3.27. The van der Waals surface area contributed by atoms with Crippen LogP contribution in [0.1, 0.15) is 37.7 Å². The van der Waals surface area contributed by atoms with E-state index in [-0.39, 0.29) is 18.2 Å². The van der Waals surface area contributed by atoms with Gasteiger partial charge in [0.15, 0.2) is 0 Å². The molecule has 1 aromatic rings. The fraction of sp³-hybridized carbons (Fsp3) is 0.556. The molecule has 0 heterocycles. The number of nitrogens with zero attached hydrogens (tertiary/aromatic N) is 1. The van der Waals surface area contributed by atoms with Gasteiger partial charge in [0.2, 0.25) is 5.91 Å². The van der Waals surface area contributed by atoms with Gasteiger partial charge in [-0.1, -0.05) is 30.3 Å². The predicted molar refractivity (Wildman–Crippen MR) is 83.0 cm³/mol. The number of hydrogen-bond acceptors (Lipinski definition) is 2. The molecule has 1 N–H and O–H groups in total. The summed E-state index contributed by atoms with van der Waals surface area (Å²) >= 11 is 0. The number of carbonyl (C=O) groups excluding carboxylic acids is 1. The Balaban J connectivity index is 1.60. The molecular weight excluding hydrogens is 278 g/mol. The molecule has 2 fully saturated rings. The second-order valence-corrected chi connectivity index (χ2v) is 6.59. The summed E-state index contributed by atoms with van der Waals surface area (Å²) in [5, 5.41) is 8.80. The summed E-state index contributed by atoms with van der Waals surface area (Å²) in [7, 11) is 0. The Kier molecular flexibility index (Phi) is 4.46. The maximum absolute atomic E-state index is 12.7. The topological polar surface area (TPSA) is 57.6 Å². The summed E-state index contributed by atoms with van der Waals surface area (Å²) in [5.74, 6) is 1.01. The van der Waals surface area contributed by atoms with Gasteiger partial charge in [-0.15, -0.1) is 0 Å². The molecule has 1 aromatic carbocycles. The number of aliphatic carboxylic acids is 1. The fourth-order valence-corrected chi connectivity index (χ4v) is 3.27. The first-order valence-corrected chi connectivity index (χ1v) is 8.19. The second-order valence-electron chi connectivity index (χ2n) is 6.59. The van der Waals surface area contributed by atoms with E-state index in [2.05, 4.69) is 0 Å². The number of rotatable bonds is 8. The quantitative estimate of drug-likeness (QED) is 0.803. The largest absolute Gasteiger partial charge is 0.481 e. The van der Waals surface area contributed by atoms with Crippen molar-refractivity contribution in [2.24, 2.45) is 17.8 Å². The molecule has 0 radical (unpaired) electrons. The molecule has 2 saturated carbocycles. The normalized spacial score (nSPS) is 23.1. The zero-order chi connectivity index (χ0) is 15.5. The van der Waals surface area contributed by atoms with Crippen molar-refractivity contribution in [1.82, 2.24) is 4.90 Å². The zero-order valence-corrected chi connectivity index (χ0v) is 12.8. The standard InChI is InChI=1S/C18H23NO3/c20-17(21)7-4-10-19(12-13-5-2-1-3-6-13)18(22)16-11-15(16)14-8-9-14/h1-3,5-6,14-16H,4,7-12H2,(H,20,21). The maximum Gasteiger partial charge on any atom is 0.303 e. The van der Waals surface area contributed by atoms with Crippen LogP contribution in [-0.4, -0.2) is 28.4 Å². The SMILES string of the molecule is O=C(O)CCCN(Cc1ccccc1)C(=O)C1CC1C1CC1. The lowest BCUT2D eigenvalue weighted by atomic mass is 10.1. The molecule has 4 heteroatoms. The van der Waals surface area contributed by atoms with Crippen molar-refractivity contribution < 1.29 is 14.7 Å². The zero-order valence-electron chi connectivity index (χ0n) is 12.8. The summed E-state index contributed by atoms with van der Waals surface area (Å²) in [6.07, 6.45) is 4.25. The number of carboxylic acids is 1. The Labute approximate surface area is 131 Å². The van der Waals surface area contributed by atoms with Gasteiger partial charge in [-0.25, -0.2) is 0 Å². The molecule has 2 aliphatic carbocycles. The van der Waals surface area contributed by atoms with Crippen LogP contribution in [-0.2, 0) is 16.1 Å². The van der Waals surface area contributed by atoms with Crippen LogP contribution in [0.4, 0.5) is 0 Å². The van der Waals surface area contributed by atoms with Gasteiger partial charge < -0.3 is 10.0 Å². The molecule has 0 aliphatic heterocycles. The van der Waals surface area contributed by atoms with Crippen molar-refractivity contribution in [3.8, 4) is 0 Å². The van der Waals surface area contributed by atoms with E-state index in [0.29, 0.717) is 25.4 Å². The average Bonchev–Trinajstić information content (AvgIpc) is 3.38. The molecule has 3 rings (SSSR count). The first kappa shape index (κ1) is 15.1. The summed E-state index contributed by atoms with van der Waals surface area (Å²) in [5.41, 5.74) is 1.11. The van der Waals surface area contributed by atoms with E-state index in [1.54, 1.807) is 0 Å². The molecule has 1 amide bonds. The van der Waals surface area contributed by atoms with Crippen molar-refractivity contribution in [3.63, 3.8) is 0 Å². The number of benzene rings is 1. The third-order valence-corrected chi connectivity index (χ3v) is 4.73. The third kappa shape index (κ3) is 3.87. The van der Waals surface area contributed by atoms with Gasteiger partial charge in [0.1, 0.15) is 0 Å². The van der Waals surface area contributed by atoms with Gasteiger partial charge >= 0.3 is 5.97 Å². The van der Waals surface area contributed by atoms with Gasteiger partial charge in [0.25, 0.3) is 0 Å². The lowest BCUT2D eigenvalue weighted by Crippen LogP contribution is -2.33. The van der Waals surface area contributed by atoms with Gasteiger partial charge in [-0.2, -0.15) is 0 Å². The first-order valence-electron chi connectivity index (χ1n) is 8.19. The van der Waals surface area contributed by atoms with E-state index in [9.17, 15) is 9.59 Å². The summed E-state index contributed by atoms with van der Waals surface area (Å²) in [6, 6.07) is 9.94. The lowest BCUT2D eigenvalue weighted by Gasteiger charge is -2.23. The van der Waals surface area contributed by atoms with E-state index in [1.165, 1.54) is 12.8 Å². The minimum atomic E-state index is -0.797. The van der Waals surface area contributed by atoms with Crippen LogP contribution in [0.2, 0.25) is 0 Å². The van der Waals surface area contributed by atoms with Crippen LogP contribution >= 0.6 is 0 Å². The van der Waals surface area contributed by atoms with Crippen LogP contribution < -0.4 is 0 Å². The van der Waals surface area contributed by atoms with Gasteiger partial charge in [0, 0.05) is 25.4 Å². The molecule has 0 saturated heterocycles. The molecule has 0 bridgehead atoms. The number of amides is 1. The molecular formula is C18H23NO3. The monoisotopic (exact) mass is 301 g/mol. The molecule has 2 unspecified atom stereocenters. The molecule has 0 spiro atoms. The third-order valence-electron chi connectivity index (χ3n) is 4.73. The number of hydrogen-bond donors (Lipinski definition) is 1. The Morgan fingerprint density at radius 2 is 1.91 bits per heavy atom. The highest BCUT2D eigenvalue weighted by Gasteiger charge is 2.52. The smallest absolute Gasteiger partial charge is 0.303 e. The molecule has 0 aromatic heterocycles. The molecule has 2 aliphatic rings. The second kappa shape index (κ2) is 6.51. The van der Waals surface area contributed by atoms with Crippen molar-refractivity contribution in [2.75, 3.05) is 6.54 Å². The van der Waals surface area contributed by atoms with E-state index in [4.69, 9.17) is 5.11 Å². The van der Waals surface area contributed by atoms with E-state index < -0.39 is 5.97 Å². The van der Waals surface area contributed by atoms with Crippen molar-refractivity contribution in [3.05, 3.63) is 35.9 Å². The van der Waals surface area contributed by atoms with Crippen molar-refractivity contribution in [1.29, 1.82) is 0 Å². The van der Waals surface area contributed by atoms with Crippen molar-refractivity contribution in [2.45, 2.75) is 38.6 Å². The van der Waals surface area contributed by atoms with Gasteiger partial charge in [-0.05, 0) is 43.1 Å². The van der Waals surface area contributed by atoms with Crippen LogP contribution in [0.5, 0.6) is 0 Å². The van der Waals surface area contributed by atoms with Crippen LogP contribution in [0.3, 0.4) is 0 Å². The van der Waals surface area contributed by atoms with Gasteiger partial charge in [-0.3, -0.25) is 9.59 Å². The minimum absolute atomic E-state index is 0.120. The summed E-state index contributed by atoms with van der Waals surface area (Å²) < 4.78 is 0. The average molecular weight is 301 g/mol. The van der Waals surface area contributed by atoms with E-state index >= 15 is 0 Å². The number of carboxylic acid groups (broad SMARTS) is 1. The molecule has 118 valence electrons. The predicted octanol–water partition coefficient (Wildman–Crippen LogP) is 2.93. The Morgan fingerprint density at radius 1 is 1.18 bits per heavy atom. The first-order chi connectivity index (χ1) is 10.6. The maximum atomic E-state index is 12.7. The van der Waals surface area contributed by atoms with Crippen LogP contribution in [0.25, 0.3) is 0 Å². The Morgan fingerprint density at radius 3 is 2.55 bits per heavy atom. The summed E-state index contributed by atoms with van der Waals surface area (Å²) in [4.78, 5) is 25.3. The van der Waals surface area contributed by atoms with E-state index in [0.717, 1.165) is 17.9 Å². The lowest BCUT2D eigenvalue weighted by molar-refractivity contribution is -0.138. The van der Waals surface area contributed by atoms with Gasteiger partial charge in [0.05, 0.1) is 0 Å². The highest BCUT2D eigenvalue weighted by molar-refractivity contribution is 5.82.